The van der Waals surface area contributed by atoms with E-state index in [1.165, 1.54) is 16.8 Å². The first-order valence-electron chi connectivity index (χ1n) is 12.3. The van der Waals surface area contributed by atoms with Gasteiger partial charge in [-0.3, -0.25) is 4.79 Å². The minimum atomic E-state index is -0.170. The average molecular weight is 435 g/mol. The van der Waals surface area contributed by atoms with E-state index in [2.05, 4.69) is 69.3 Å². The van der Waals surface area contributed by atoms with Crippen molar-refractivity contribution in [2.24, 2.45) is 28.6 Å². The minimum Gasteiger partial charge on any atom is -0.393 e. The van der Waals surface area contributed by atoms with E-state index in [9.17, 15) is 9.90 Å². The monoisotopic (exact) mass is 434 g/mol. The highest BCUT2D eigenvalue weighted by Crippen LogP contribution is 2.64. The zero-order chi connectivity index (χ0) is 22.8. The number of aliphatic hydroxyl groups is 1. The molecule has 1 amide bonds. The lowest BCUT2D eigenvalue weighted by Gasteiger charge is -2.60. The molecule has 0 spiro atoms. The molecule has 0 bridgehead atoms. The number of hydrogen-bond donors (Lipinski definition) is 1. The lowest BCUT2D eigenvalue weighted by Crippen LogP contribution is -2.60. The van der Waals surface area contributed by atoms with Crippen molar-refractivity contribution in [3.05, 3.63) is 47.6 Å². The predicted molar refractivity (Wildman–Crippen MR) is 130 cm³/mol. The van der Waals surface area contributed by atoms with Gasteiger partial charge in [0.2, 0.25) is 5.91 Å². The Morgan fingerprint density at radius 1 is 1.09 bits per heavy atom. The van der Waals surface area contributed by atoms with Crippen LogP contribution in [0.25, 0.3) is 6.08 Å². The normalized spacial score (nSPS) is 41.9. The van der Waals surface area contributed by atoms with Gasteiger partial charge in [-0.25, -0.2) is 0 Å². The number of nitrogens with zero attached hydrogens (tertiary/aromatic N) is 2. The van der Waals surface area contributed by atoms with E-state index in [-0.39, 0.29) is 28.9 Å². The number of anilines is 1. The summed E-state index contributed by atoms with van der Waals surface area (Å²) in [7, 11) is 6.10. The first-order valence-corrected chi connectivity index (χ1v) is 12.3. The molecule has 0 saturated heterocycles. The third kappa shape index (κ3) is 3.09. The topological polar surface area (TPSA) is 43.8 Å². The van der Waals surface area contributed by atoms with Crippen LogP contribution in [0.5, 0.6) is 0 Å². The molecule has 5 rings (SSSR count). The highest BCUT2D eigenvalue weighted by atomic mass is 16.3. The van der Waals surface area contributed by atoms with Gasteiger partial charge in [0.1, 0.15) is 0 Å². The summed E-state index contributed by atoms with van der Waals surface area (Å²) in [5.74, 6) is 1.78. The molecule has 1 heterocycles. The zero-order valence-corrected chi connectivity index (χ0v) is 20.2. The molecule has 1 aromatic rings. The van der Waals surface area contributed by atoms with Gasteiger partial charge < -0.3 is 14.9 Å². The molecule has 3 fully saturated rings. The fourth-order valence-corrected chi connectivity index (χ4v) is 7.90. The zero-order valence-electron chi connectivity index (χ0n) is 20.2. The quantitative estimate of drug-likeness (QED) is 0.731. The van der Waals surface area contributed by atoms with Crippen LogP contribution in [-0.2, 0) is 4.79 Å². The van der Waals surface area contributed by atoms with Crippen molar-refractivity contribution >= 4 is 17.7 Å². The molecule has 2 unspecified atom stereocenters. The van der Waals surface area contributed by atoms with Gasteiger partial charge in [0.25, 0.3) is 0 Å². The third-order valence-electron chi connectivity index (χ3n) is 9.68. The lowest BCUT2D eigenvalue weighted by atomic mass is 9.47. The van der Waals surface area contributed by atoms with E-state index in [0.29, 0.717) is 17.8 Å². The Kier molecular flexibility index (Phi) is 5.09. The fourth-order valence-electron chi connectivity index (χ4n) is 7.90. The van der Waals surface area contributed by atoms with Gasteiger partial charge in [0, 0.05) is 32.2 Å². The molecule has 7 atom stereocenters. The van der Waals surface area contributed by atoms with E-state index in [0.717, 1.165) is 32.1 Å². The molecule has 3 aliphatic carbocycles. The van der Waals surface area contributed by atoms with Crippen LogP contribution in [0.2, 0.25) is 0 Å². The SMILES string of the molecule is CN(C)c1ccc(C=C2C[C@@H]3[C@@H](CC[C@]4(C)C(O)CC[C@@H]34)[C@@]3(C)C=CC(=O)N(C)C23)cc1. The molecule has 1 aromatic carbocycles. The van der Waals surface area contributed by atoms with Crippen LogP contribution in [0.3, 0.4) is 0 Å². The number of hydrogen-bond acceptors (Lipinski definition) is 3. The van der Waals surface area contributed by atoms with Crippen LogP contribution >= 0.6 is 0 Å². The molecule has 0 radical (unpaired) electrons. The molecule has 172 valence electrons. The van der Waals surface area contributed by atoms with E-state index in [4.69, 9.17) is 0 Å². The number of benzene rings is 1. The average Bonchev–Trinajstić information content (AvgIpc) is 3.06. The Labute approximate surface area is 193 Å². The van der Waals surface area contributed by atoms with Crippen LogP contribution in [0.4, 0.5) is 5.69 Å². The molecular weight excluding hydrogens is 396 g/mol. The highest BCUT2D eigenvalue weighted by Gasteiger charge is 2.61. The summed E-state index contributed by atoms with van der Waals surface area (Å²) in [6, 6.07) is 8.81. The second-order valence-corrected chi connectivity index (χ2v) is 11.5. The van der Waals surface area contributed by atoms with Crippen molar-refractivity contribution in [1.82, 2.24) is 4.90 Å². The maximum atomic E-state index is 12.7. The first kappa shape index (κ1) is 21.8. The Morgan fingerprint density at radius 3 is 2.50 bits per heavy atom. The predicted octanol–water partition coefficient (Wildman–Crippen LogP) is 4.75. The van der Waals surface area contributed by atoms with Gasteiger partial charge in [-0.2, -0.15) is 0 Å². The van der Waals surface area contributed by atoms with Crippen LogP contribution in [0.15, 0.2) is 42.0 Å². The summed E-state index contributed by atoms with van der Waals surface area (Å²) in [6.45, 7) is 4.71. The summed E-state index contributed by atoms with van der Waals surface area (Å²) < 4.78 is 0. The third-order valence-corrected chi connectivity index (χ3v) is 9.68. The highest BCUT2D eigenvalue weighted by molar-refractivity contribution is 5.89. The maximum absolute atomic E-state index is 12.7. The van der Waals surface area contributed by atoms with Gasteiger partial charge in [-0.1, -0.05) is 38.1 Å². The summed E-state index contributed by atoms with van der Waals surface area (Å²) in [5.41, 5.74) is 3.75. The Balaban J connectivity index is 1.58. The molecular formula is C28H38N2O2. The summed E-state index contributed by atoms with van der Waals surface area (Å²) in [5, 5.41) is 10.8. The second-order valence-electron chi connectivity index (χ2n) is 11.5. The largest absolute Gasteiger partial charge is 0.393 e. The van der Waals surface area contributed by atoms with Gasteiger partial charge >= 0.3 is 0 Å². The van der Waals surface area contributed by atoms with Crippen molar-refractivity contribution in [2.75, 3.05) is 26.0 Å². The number of fused-ring (bicyclic) bond motifs is 5. The summed E-state index contributed by atoms with van der Waals surface area (Å²) >= 11 is 0. The number of likely N-dealkylation sites (N-methyl/N-ethyl adjacent to an activating group) is 1. The molecule has 4 heteroatoms. The smallest absolute Gasteiger partial charge is 0.246 e. The standard InChI is InChI=1S/C28H38N2O2/c1-27-14-12-23-21(22(27)10-11-24(27)31)17-19(16-18-6-8-20(9-7-18)29(3)4)26-28(23,2)15-13-25(32)30(26)5/h6-9,13,15-16,21-24,26,31H,10-12,14,17H2,1-5H3/t21-,22-,23+,24?,26?,27-,28+/m0/s1. The molecule has 4 nitrogen and oxygen atoms in total. The van der Waals surface area contributed by atoms with Gasteiger partial charge in [0.05, 0.1) is 12.1 Å². The van der Waals surface area contributed by atoms with Gasteiger partial charge in [-0.15, -0.1) is 0 Å². The van der Waals surface area contributed by atoms with Crippen molar-refractivity contribution in [3.8, 4) is 0 Å². The molecule has 4 aliphatic rings. The van der Waals surface area contributed by atoms with Crippen LogP contribution in [0, 0.1) is 28.6 Å². The van der Waals surface area contributed by atoms with Gasteiger partial charge in [-0.05, 0) is 84.6 Å². The molecule has 3 saturated carbocycles. The lowest BCUT2D eigenvalue weighted by molar-refractivity contribution is -0.135. The Bertz CT molecular complexity index is 964. The van der Waals surface area contributed by atoms with E-state index < -0.39 is 0 Å². The molecule has 0 aromatic heterocycles. The fraction of sp³-hybridized carbons (Fsp3) is 0.607. The molecule has 1 aliphatic heterocycles. The van der Waals surface area contributed by atoms with Crippen molar-refractivity contribution < 1.29 is 9.90 Å². The molecule has 32 heavy (non-hydrogen) atoms. The van der Waals surface area contributed by atoms with Crippen molar-refractivity contribution in [2.45, 2.75) is 58.1 Å². The number of carbonyl (C=O) groups is 1. The maximum Gasteiger partial charge on any atom is 0.246 e. The van der Waals surface area contributed by atoms with E-state index >= 15 is 0 Å². The first-order chi connectivity index (χ1) is 15.1. The Hall–Kier alpha value is -2.07. The van der Waals surface area contributed by atoms with E-state index in [1.54, 1.807) is 6.08 Å². The summed E-state index contributed by atoms with van der Waals surface area (Å²) in [4.78, 5) is 16.8. The second kappa shape index (κ2) is 7.48. The Morgan fingerprint density at radius 2 is 1.81 bits per heavy atom. The van der Waals surface area contributed by atoms with Crippen molar-refractivity contribution in [3.63, 3.8) is 0 Å². The van der Waals surface area contributed by atoms with Crippen LogP contribution in [0.1, 0.15) is 51.5 Å². The van der Waals surface area contributed by atoms with Gasteiger partial charge in [0.15, 0.2) is 0 Å². The van der Waals surface area contributed by atoms with E-state index in [1.807, 2.05) is 11.9 Å². The number of carbonyl (C=O) groups excluding carboxylic acids is 1. The number of amides is 1. The minimum absolute atomic E-state index is 0.0446. The molecule has 1 N–H and O–H groups in total. The number of aliphatic hydroxyl groups excluding tert-OH is 1. The number of rotatable bonds is 2. The van der Waals surface area contributed by atoms with Crippen LogP contribution < -0.4 is 4.90 Å². The summed E-state index contributed by atoms with van der Waals surface area (Å²) in [6.07, 6.45) is 11.5. The van der Waals surface area contributed by atoms with Crippen LogP contribution in [-0.4, -0.2) is 49.2 Å². The van der Waals surface area contributed by atoms with Crippen molar-refractivity contribution in [1.29, 1.82) is 0 Å².